The number of alkyl halides is 6. The van der Waals surface area contributed by atoms with Crippen molar-refractivity contribution in [2.24, 2.45) is 0 Å². The minimum Gasteiger partial charge on any atom is -0.491 e. The summed E-state index contributed by atoms with van der Waals surface area (Å²) in [5.74, 6) is -5.13. The number of epoxide rings is 1. The minimum atomic E-state index is -6.39. The summed E-state index contributed by atoms with van der Waals surface area (Å²) in [6.07, 6.45) is -13.0. The lowest BCUT2D eigenvalue weighted by Crippen LogP contribution is -2.63. The van der Waals surface area contributed by atoms with Crippen LogP contribution >= 0.6 is 0 Å². The van der Waals surface area contributed by atoms with Gasteiger partial charge in [-0.25, -0.2) is 4.79 Å². The van der Waals surface area contributed by atoms with Crippen molar-refractivity contribution in [3.8, 4) is 5.75 Å². The van der Waals surface area contributed by atoms with Gasteiger partial charge in [-0.3, -0.25) is 4.55 Å². The zero-order chi connectivity index (χ0) is 21.4. The van der Waals surface area contributed by atoms with Crippen LogP contribution in [0.5, 0.6) is 5.75 Å². The van der Waals surface area contributed by atoms with E-state index in [1.165, 1.54) is 6.07 Å². The highest BCUT2D eigenvalue weighted by Gasteiger charge is 2.76. The van der Waals surface area contributed by atoms with E-state index in [0.29, 0.717) is 6.61 Å². The fourth-order valence-electron chi connectivity index (χ4n) is 2.01. The summed E-state index contributed by atoms with van der Waals surface area (Å²) < 4.78 is 123. The molecule has 1 fully saturated rings. The van der Waals surface area contributed by atoms with Crippen LogP contribution in [0.1, 0.15) is 10.4 Å². The predicted molar refractivity (Wildman–Crippen MR) is 78.3 cm³/mol. The number of esters is 1. The first-order chi connectivity index (χ1) is 12.6. The number of halogens is 6. The van der Waals surface area contributed by atoms with Crippen molar-refractivity contribution < 1.29 is 58.3 Å². The van der Waals surface area contributed by atoms with E-state index in [-0.39, 0.29) is 18.5 Å². The van der Waals surface area contributed by atoms with E-state index in [9.17, 15) is 39.6 Å². The first-order valence-electron chi connectivity index (χ1n) is 7.31. The van der Waals surface area contributed by atoms with E-state index in [4.69, 9.17) is 14.0 Å². The lowest BCUT2D eigenvalue weighted by Gasteiger charge is -2.35. The molecule has 0 bridgehead atoms. The highest BCUT2D eigenvalue weighted by Crippen LogP contribution is 2.47. The van der Waals surface area contributed by atoms with Crippen LogP contribution in [0.2, 0.25) is 0 Å². The molecule has 1 unspecified atom stereocenters. The van der Waals surface area contributed by atoms with Crippen molar-refractivity contribution in [1.82, 2.24) is 0 Å². The lowest BCUT2D eigenvalue weighted by atomic mass is 10.1. The summed E-state index contributed by atoms with van der Waals surface area (Å²) in [7, 11) is -5.85. The number of carbonyl (C=O) groups excluding carboxylic acids is 1. The van der Waals surface area contributed by atoms with E-state index in [2.05, 4.69) is 4.74 Å². The van der Waals surface area contributed by atoms with Gasteiger partial charge in [0.05, 0.1) is 12.2 Å². The molecule has 0 radical (unpaired) electrons. The van der Waals surface area contributed by atoms with Crippen LogP contribution in [-0.2, 0) is 19.6 Å². The quantitative estimate of drug-likeness (QED) is 0.302. The maximum Gasteiger partial charge on any atom is 0.438 e. The van der Waals surface area contributed by atoms with Gasteiger partial charge in [-0.05, 0) is 18.2 Å². The van der Waals surface area contributed by atoms with Crippen LogP contribution < -0.4 is 4.74 Å². The second kappa shape index (κ2) is 7.40. The van der Waals surface area contributed by atoms with Gasteiger partial charge in [0.1, 0.15) is 24.2 Å². The molecule has 1 aliphatic heterocycles. The van der Waals surface area contributed by atoms with Gasteiger partial charge >= 0.3 is 23.9 Å². The van der Waals surface area contributed by atoms with E-state index in [0.717, 1.165) is 18.2 Å². The molecule has 0 saturated carbocycles. The molecule has 14 heteroatoms. The molecule has 1 heterocycles. The molecule has 0 aliphatic carbocycles. The number of hydrogen-bond acceptors (Lipinski definition) is 6. The maximum atomic E-state index is 13.2. The van der Waals surface area contributed by atoms with Crippen LogP contribution in [0.15, 0.2) is 24.3 Å². The summed E-state index contributed by atoms with van der Waals surface area (Å²) in [6.45, 7) is 0.452. The number of ether oxygens (including phenoxy) is 3. The second-order valence-electron chi connectivity index (χ2n) is 5.73. The Kier molecular flexibility index (Phi) is 5.88. The highest BCUT2D eigenvalue weighted by molar-refractivity contribution is 7.85. The third-order valence-corrected chi connectivity index (χ3v) is 4.25. The predicted octanol–water partition coefficient (Wildman–Crippen LogP) is 2.37. The Bertz CT molecular complexity index is 815. The topological polar surface area (TPSA) is 102 Å². The molecule has 1 N–H and O–H groups in total. The molecule has 1 saturated heterocycles. The summed E-state index contributed by atoms with van der Waals surface area (Å²) in [5, 5.41) is 0. The van der Waals surface area contributed by atoms with Gasteiger partial charge in [-0.15, -0.1) is 0 Å². The van der Waals surface area contributed by atoms with Crippen molar-refractivity contribution in [2.75, 3.05) is 19.0 Å². The minimum absolute atomic E-state index is 0.0380. The van der Waals surface area contributed by atoms with Crippen molar-refractivity contribution in [3.05, 3.63) is 29.8 Å². The number of benzene rings is 1. The monoisotopic (exact) mass is 438 g/mol. The summed E-state index contributed by atoms with van der Waals surface area (Å²) in [4.78, 5) is 12.0. The molecule has 1 aliphatic rings. The van der Waals surface area contributed by atoms with Crippen LogP contribution in [0.3, 0.4) is 0 Å². The summed E-state index contributed by atoms with van der Waals surface area (Å²) in [5.41, 5.74) is -6.23. The average molecular weight is 438 g/mol. The SMILES string of the molecule is O=C(OC(CS(=O)(=O)O)(C(F)(F)F)C(F)(F)F)c1cccc(OCC2CO2)c1. The van der Waals surface area contributed by atoms with Crippen molar-refractivity contribution in [3.63, 3.8) is 0 Å². The second-order valence-corrected chi connectivity index (χ2v) is 7.18. The third kappa shape index (κ3) is 5.26. The van der Waals surface area contributed by atoms with E-state index in [1.54, 1.807) is 0 Å². The Morgan fingerprint density at radius 2 is 1.75 bits per heavy atom. The Morgan fingerprint density at radius 1 is 1.18 bits per heavy atom. The molecule has 0 amide bonds. The third-order valence-electron chi connectivity index (χ3n) is 3.48. The summed E-state index contributed by atoms with van der Waals surface area (Å²) >= 11 is 0. The number of rotatable bonds is 7. The van der Waals surface area contributed by atoms with Crippen LogP contribution in [0.4, 0.5) is 26.3 Å². The normalized spacial score (nSPS) is 17.9. The van der Waals surface area contributed by atoms with Crippen LogP contribution in [-0.4, -0.2) is 62.0 Å². The van der Waals surface area contributed by atoms with Crippen LogP contribution in [0, 0.1) is 0 Å². The highest BCUT2D eigenvalue weighted by atomic mass is 32.2. The van der Waals surface area contributed by atoms with Crippen molar-refractivity contribution in [1.29, 1.82) is 0 Å². The van der Waals surface area contributed by atoms with Gasteiger partial charge in [0, 0.05) is 0 Å². The molecule has 1 aromatic rings. The molecule has 2 rings (SSSR count). The van der Waals surface area contributed by atoms with Gasteiger partial charge in [0.2, 0.25) is 0 Å². The van der Waals surface area contributed by atoms with E-state index in [1.807, 2.05) is 0 Å². The molecular weight excluding hydrogens is 426 g/mol. The Balaban J connectivity index is 2.35. The van der Waals surface area contributed by atoms with Gasteiger partial charge in [-0.2, -0.15) is 34.8 Å². The Labute approximate surface area is 153 Å². The zero-order valence-electron chi connectivity index (χ0n) is 13.6. The smallest absolute Gasteiger partial charge is 0.438 e. The molecular formula is C14H12F6O7S. The molecule has 28 heavy (non-hydrogen) atoms. The number of carbonyl (C=O) groups is 1. The maximum absolute atomic E-state index is 13.2. The van der Waals surface area contributed by atoms with Gasteiger partial charge < -0.3 is 14.2 Å². The molecule has 0 aromatic heterocycles. The molecule has 158 valence electrons. The van der Waals surface area contributed by atoms with Crippen molar-refractivity contribution in [2.45, 2.75) is 24.1 Å². The fraction of sp³-hybridized carbons (Fsp3) is 0.500. The molecule has 1 aromatic carbocycles. The standard InChI is InChI=1S/C14H12F6O7S/c15-13(16,17)12(14(18,19)20,7-28(22,23)24)27-11(21)8-2-1-3-9(4-8)25-5-10-6-26-10/h1-4,10H,5-7H2,(H,22,23,24). The lowest BCUT2D eigenvalue weighted by molar-refractivity contribution is -0.356. The number of hydrogen-bond donors (Lipinski definition) is 1. The van der Waals surface area contributed by atoms with E-state index < -0.39 is 45.4 Å². The fourth-order valence-corrected chi connectivity index (χ4v) is 2.91. The average Bonchev–Trinajstić information content (AvgIpc) is 3.33. The molecule has 1 atom stereocenters. The summed E-state index contributed by atoms with van der Waals surface area (Å²) in [6, 6.07) is 4.03. The van der Waals surface area contributed by atoms with Gasteiger partial charge in [0.15, 0.2) is 0 Å². The Morgan fingerprint density at radius 3 is 2.21 bits per heavy atom. The van der Waals surface area contributed by atoms with E-state index >= 15 is 0 Å². The molecule has 0 spiro atoms. The Hall–Kier alpha value is -2.06. The van der Waals surface area contributed by atoms with Gasteiger partial charge in [0.25, 0.3) is 10.1 Å². The largest absolute Gasteiger partial charge is 0.491 e. The first-order valence-corrected chi connectivity index (χ1v) is 8.92. The zero-order valence-corrected chi connectivity index (χ0v) is 14.4. The van der Waals surface area contributed by atoms with Crippen LogP contribution in [0.25, 0.3) is 0 Å². The van der Waals surface area contributed by atoms with Gasteiger partial charge in [-0.1, -0.05) is 6.07 Å². The molecule has 7 nitrogen and oxygen atoms in total. The van der Waals surface area contributed by atoms with Crippen molar-refractivity contribution >= 4 is 16.1 Å². The first kappa shape index (κ1) is 22.2.